The zero-order valence-corrected chi connectivity index (χ0v) is 13.1. The summed E-state index contributed by atoms with van der Waals surface area (Å²) in [4.78, 5) is 10.7. The largest absolute Gasteiger partial charge is 0.478 e. The average molecular weight is 315 g/mol. The summed E-state index contributed by atoms with van der Waals surface area (Å²) in [5, 5.41) is 18.7. The molecule has 1 atom stereocenters. The van der Waals surface area contributed by atoms with E-state index in [-0.39, 0.29) is 22.4 Å². The molecule has 21 heavy (non-hydrogen) atoms. The maximum atomic E-state index is 12.1. The predicted molar refractivity (Wildman–Crippen MR) is 78.7 cm³/mol. The Morgan fingerprint density at radius 2 is 1.95 bits per heavy atom. The Morgan fingerprint density at radius 1 is 1.33 bits per heavy atom. The highest BCUT2D eigenvalue weighted by molar-refractivity contribution is 7.89. The monoisotopic (exact) mass is 315 g/mol. The first-order valence-electron chi connectivity index (χ1n) is 6.52. The van der Waals surface area contributed by atoms with Crippen molar-refractivity contribution < 1.29 is 23.4 Å². The van der Waals surface area contributed by atoms with Crippen molar-refractivity contribution >= 4 is 16.0 Å². The summed E-state index contributed by atoms with van der Waals surface area (Å²) in [7, 11) is -3.84. The molecule has 0 saturated heterocycles. The van der Waals surface area contributed by atoms with Crippen LogP contribution in [0, 0.1) is 5.41 Å². The highest BCUT2D eigenvalue weighted by atomic mass is 32.2. The fraction of sp³-hybridized carbons (Fsp3) is 0.500. The molecule has 0 bridgehead atoms. The van der Waals surface area contributed by atoms with Gasteiger partial charge in [-0.3, -0.25) is 0 Å². The Hall–Kier alpha value is -1.44. The molecule has 0 aliphatic rings. The molecule has 0 fully saturated rings. The van der Waals surface area contributed by atoms with Gasteiger partial charge < -0.3 is 10.2 Å². The van der Waals surface area contributed by atoms with Gasteiger partial charge in [0.2, 0.25) is 10.0 Å². The molecule has 1 aromatic carbocycles. The van der Waals surface area contributed by atoms with Crippen LogP contribution in [0.5, 0.6) is 0 Å². The lowest BCUT2D eigenvalue weighted by molar-refractivity contribution is 0.0696. The van der Waals surface area contributed by atoms with Crippen molar-refractivity contribution in [2.45, 2.75) is 38.2 Å². The molecule has 3 N–H and O–H groups in total. The quantitative estimate of drug-likeness (QED) is 0.737. The van der Waals surface area contributed by atoms with E-state index in [1.807, 2.05) is 20.8 Å². The van der Waals surface area contributed by atoms with Gasteiger partial charge in [0.1, 0.15) is 0 Å². The van der Waals surface area contributed by atoms with Crippen LogP contribution in [0.4, 0.5) is 0 Å². The van der Waals surface area contributed by atoms with Gasteiger partial charge in [-0.15, -0.1) is 0 Å². The Kier molecular flexibility index (Phi) is 5.49. The van der Waals surface area contributed by atoms with Gasteiger partial charge in [0.05, 0.1) is 16.6 Å². The van der Waals surface area contributed by atoms with Crippen LogP contribution in [0.3, 0.4) is 0 Å². The summed E-state index contributed by atoms with van der Waals surface area (Å²) in [5.41, 5.74) is -0.221. The Labute approximate surface area is 124 Å². The normalized spacial score (nSPS) is 13.9. The summed E-state index contributed by atoms with van der Waals surface area (Å²) in [5.74, 6) is -1.19. The van der Waals surface area contributed by atoms with Crippen LogP contribution in [0.25, 0.3) is 0 Å². The van der Waals surface area contributed by atoms with Gasteiger partial charge in [0.15, 0.2) is 0 Å². The summed E-state index contributed by atoms with van der Waals surface area (Å²) in [6.07, 6.45) is -0.354. The lowest BCUT2D eigenvalue weighted by Gasteiger charge is -2.22. The number of hydrogen-bond acceptors (Lipinski definition) is 4. The van der Waals surface area contributed by atoms with Crippen LogP contribution in [0.15, 0.2) is 29.2 Å². The van der Waals surface area contributed by atoms with Gasteiger partial charge in [-0.2, -0.15) is 0 Å². The number of aliphatic hydroxyl groups excluding tert-OH is 1. The molecule has 6 nitrogen and oxygen atoms in total. The number of carboxylic acid groups (broad SMARTS) is 1. The Bertz CT molecular complexity index is 604. The minimum Gasteiger partial charge on any atom is -0.478 e. The van der Waals surface area contributed by atoms with Gasteiger partial charge in [-0.1, -0.05) is 26.8 Å². The number of nitrogens with one attached hydrogen (secondary N) is 1. The number of aromatic carboxylic acids is 1. The minimum atomic E-state index is -3.84. The highest BCUT2D eigenvalue weighted by Crippen LogP contribution is 2.20. The third kappa shape index (κ3) is 5.82. The SMILES string of the molecule is CC(C)(C)CC(O)CNS(=O)(=O)c1cccc(C(=O)O)c1. The molecule has 0 aromatic heterocycles. The maximum Gasteiger partial charge on any atom is 0.335 e. The molecule has 0 saturated carbocycles. The van der Waals surface area contributed by atoms with Crippen molar-refractivity contribution in [3.05, 3.63) is 29.8 Å². The molecule has 0 spiro atoms. The van der Waals surface area contributed by atoms with E-state index in [4.69, 9.17) is 5.11 Å². The number of rotatable bonds is 6. The van der Waals surface area contributed by atoms with Crippen LogP contribution in [-0.2, 0) is 10.0 Å². The second-order valence-electron chi connectivity index (χ2n) is 6.10. The van der Waals surface area contributed by atoms with Crippen LogP contribution in [0.2, 0.25) is 0 Å². The van der Waals surface area contributed by atoms with Crippen LogP contribution < -0.4 is 4.72 Å². The van der Waals surface area contributed by atoms with Crippen LogP contribution in [0.1, 0.15) is 37.6 Å². The van der Waals surface area contributed by atoms with Gasteiger partial charge in [-0.05, 0) is 30.0 Å². The first-order chi connectivity index (χ1) is 9.51. The topological polar surface area (TPSA) is 104 Å². The molecule has 1 unspecified atom stereocenters. The van der Waals surface area contributed by atoms with E-state index in [1.165, 1.54) is 18.2 Å². The zero-order valence-electron chi connectivity index (χ0n) is 12.3. The molecule has 0 aliphatic carbocycles. The summed E-state index contributed by atoms with van der Waals surface area (Å²) >= 11 is 0. The lowest BCUT2D eigenvalue weighted by Crippen LogP contribution is -2.34. The van der Waals surface area contributed by atoms with Crippen LogP contribution in [-0.4, -0.2) is 37.2 Å². The molecule has 0 radical (unpaired) electrons. The molecular weight excluding hydrogens is 294 g/mol. The van der Waals surface area contributed by atoms with E-state index < -0.39 is 22.1 Å². The van der Waals surface area contributed by atoms with Crippen molar-refractivity contribution in [3.8, 4) is 0 Å². The predicted octanol–water partition coefficient (Wildman–Crippen LogP) is 1.46. The van der Waals surface area contributed by atoms with E-state index in [9.17, 15) is 18.3 Å². The van der Waals surface area contributed by atoms with Crippen molar-refractivity contribution in [1.29, 1.82) is 0 Å². The fourth-order valence-corrected chi connectivity index (χ4v) is 2.98. The number of benzene rings is 1. The summed E-state index contributed by atoms with van der Waals surface area (Å²) in [6.45, 7) is 5.72. The fourth-order valence-electron chi connectivity index (χ4n) is 1.86. The Morgan fingerprint density at radius 3 is 2.48 bits per heavy atom. The summed E-state index contributed by atoms with van der Waals surface area (Å²) < 4.78 is 26.4. The number of carbonyl (C=O) groups is 1. The van der Waals surface area contributed by atoms with Gasteiger partial charge in [0, 0.05) is 6.54 Å². The van der Waals surface area contributed by atoms with E-state index in [2.05, 4.69) is 4.72 Å². The smallest absolute Gasteiger partial charge is 0.335 e. The number of carboxylic acids is 1. The average Bonchev–Trinajstić information content (AvgIpc) is 2.35. The lowest BCUT2D eigenvalue weighted by atomic mass is 9.89. The number of aliphatic hydroxyl groups is 1. The van der Waals surface area contributed by atoms with E-state index in [0.717, 1.165) is 6.07 Å². The maximum absolute atomic E-state index is 12.1. The number of hydrogen-bond donors (Lipinski definition) is 3. The van der Waals surface area contributed by atoms with Crippen molar-refractivity contribution in [2.75, 3.05) is 6.54 Å². The molecule has 1 rings (SSSR count). The van der Waals surface area contributed by atoms with Crippen molar-refractivity contribution in [2.24, 2.45) is 5.41 Å². The van der Waals surface area contributed by atoms with Gasteiger partial charge in [-0.25, -0.2) is 17.9 Å². The second kappa shape index (κ2) is 6.55. The van der Waals surface area contributed by atoms with Crippen molar-refractivity contribution in [3.63, 3.8) is 0 Å². The van der Waals surface area contributed by atoms with Crippen molar-refractivity contribution in [1.82, 2.24) is 4.72 Å². The molecule has 118 valence electrons. The first-order valence-corrected chi connectivity index (χ1v) is 8.01. The van der Waals surface area contributed by atoms with Gasteiger partial charge >= 0.3 is 5.97 Å². The number of sulfonamides is 1. The molecule has 7 heteroatoms. The van der Waals surface area contributed by atoms with Gasteiger partial charge in [0.25, 0.3) is 0 Å². The molecular formula is C14H21NO5S. The highest BCUT2D eigenvalue weighted by Gasteiger charge is 2.20. The third-order valence-electron chi connectivity index (χ3n) is 2.75. The summed E-state index contributed by atoms with van der Waals surface area (Å²) in [6, 6.07) is 5.07. The third-order valence-corrected chi connectivity index (χ3v) is 4.17. The van der Waals surface area contributed by atoms with Crippen LogP contribution >= 0.6 is 0 Å². The van der Waals surface area contributed by atoms with E-state index in [1.54, 1.807) is 0 Å². The first kappa shape index (κ1) is 17.6. The second-order valence-corrected chi connectivity index (χ2v) is 7.87. The molecule has 0 heterocycles. The zero-order chi connectivity index (χ0) is 16.3. The molecule has 0 aliphatic heterocycles. The van der Waals surface area contributed by atoms with E-state index in [0.29, 0.717) is 6.42 Å². The molecule has 1 aromatic rings. The van der Waals surface area contributed by atoms with E-state index >= 15 is 0 Å². The minimum absolute atomic E-state index is 0.104. The molecule has 0 amide bonds. The standard InChI is InChI=1S/C14H21NO5S/c1-14(2,3)8-11(16)9-15-21(19,20)12-6-4-5-10(7-12)13(17)18/h4-7,11,15-16H,8-9H2,1-3H3,(H,17,18). The Balaban J connectivity index is 2.78.